The Kier molecular flexibility index (Phi) is 3.46. The molecule has 6 rings (SSSR count). The van der Waals surface area contributed by atoms with Crippen molar-refractivity contribution in [3.8, 4) is 11.3 Å². The van der Waals surface area contributed by atoms with Gasteiger partial charge in [0.05, 0.1) is 5.56 Å². The van der Waals surface area contributed by atoms with Gasteiger partial charge in [-0.25, -0.2) is 4.57 Å². The number of hydrogen-bond donors (Lipinski definition) is 0. The Morgan fingerprint density at radius 1 is 1.00 bits per heavy atom. The Balaban J connectivity index is 1.59. The fourth-order valence-corrected chi connectivity index (χ4v) is 5.79. The Morgan fingerprint density at radius 2 is 1.86 bits per heavy atom. The monoisotopic (exact) mass is 383 g/mol. The van der Waals surface area contributed by atoms with Gasteiger partial charge in [-0.15, -0.1) is 0 Å². The van der Waals surface area contributed by atoms with E-state index in [9.17, 15) is 1.37 Å². The van der Waals surface area contributed by atoms with E-state index in [0.717, 1.165) is 40.1 Å². The molecule has 2 bridgehead atoms. The average molecular weight is 384 g/mol. The number of furan rings is 1. The number of benzene rings is 2. The van der Waals surface area contributed by atoms with Gasteiger partial charge in [0.15, 0.2) is 6.20 Å². The van der Waals surface area contributed by atoms with Crippen LogP contribution in [-0.2, 0) is 7.05 Å². The molecular weight excluding hydrogens is 354 g/mol. The van der Waals surface area contributed by atoms with E-state index < -0.39 is 5.89 Å². The van der Waals surface area contributed by atoms with Crippen LogP contribution in [0.3, 0.4) is 0 Å². The summed E-state index contributed by atoms with van der Waals surface area (Å²) >= 11 is 0. The molecule has 2 saturated carbocycles. The minimum Gasteiger partial charge on any atom is -0.455 e. The molecule has 3 atom stereocenters. The minimum atomic E-state index is -0.432. The first-order valence-corrected chi connectivity index (χ1v) is 10.9. The molecule has 0 radical (unpaired) electrons. The number of fused-ring (bicyclic) bond motifs is 5. The van der Waals surface area contributed by atoms with Crippen molar-refractivity contribution >= 4 is 21.9 Å². The van der Waals surface area contributed by atoms with Crippen LogP contribution >= 0.6 is 0 Å². The highest BCUT2D eigenvalue weighted by Gasteiger charge is 2.40. The van der Waals surface area contributed by atoms with Crippen molar-refractivity contribution in [1.29, 1.82) is 0 Å². The molecule has 0 N–H and O–H groups in total. The summed E-state index contributed by atoms with van der Waals surface area (Å²) in [5, 5.41) is 2.33. The lowest BCUT2D eigenvalue weighted by molar-refractivity contribution is -0.660. The van der Waals surface area contributed by atoms with Crippen molar-refractivity contribution < 1.29 is 10.4 Å². The van der Waals surface area contributed by atoms with Crippen LogP contribution in [0.4, 0.5) is 0 Å². The van der Waals surface area contributed by atoms with Crippen LogP contribution < -0.4 is 4.57 Å². The lowest BCUT2D eigenvalue weighted by atomic mass is 9.83. The van der Waals surface area contributed by atoms with Gasteiger partial charge in [0.2, 0.25) is 5.69 Å². The van der Waals surface area contributed by atoms with Gasteiger partial charge < -0.3 is 4.42 Å². The van der Waals surface area contributed by atoms with Crippen molar-refractivity contribution in [3.63, 3.8) is 0 Å². The summed E-state index contributed by atoms with van der Waals surface area (Å²) in [4.78, 5) is 0. The summed E-state index contributed by atoms with van der Waals surface area (Å²) < 4.78 is 17.9. The number of hydrogen-bond acceptors (Lipinski definition) is 1. The SMILES string of the molecule is [2H]C1(c2cc[n+](C)c(-c3c(C)ccc4c3oc3cc(C)ccc34)c2)CC2CCC1C2. The smallest absolute Gasteiger partial charge is 0.216 e. The first-order valence-electron chi connectivity index (χ1n) is 11.4. The molecule has 0 aliphatic heterocycles. The van der Waals surface area contributed by atoms with Gasteiger partial charge in [-0.1, -0.05) is 30.7 Å². The molecule has 2 aromatic heterocycles. The third-order valence-electron chi connectivity index (χ3n) is 7.32. The molecule has 2 aromatic carbocycles. The first kappa shape index (κ1) is 16.2. The summed E-state index contributed by atoms with van der Waals surface area (Å²) in [6.45, 7) is 4.26. The molecule has 2 aliphatic carbocycles. The summed E-state index contributed by atoms with van der Waals surface area (Å²) in [5.74, 6) is 0.821. The molecule has 2 fully saturated rings. The number of aryl methyl sites for hydroxylation is 3. The summed E-state index contributed by atoms with van der Waals surface area (Å²) in [5.41, 5.74) is 7.78. The van der Waals surface area contributed by atoms with Crippen molar-refractivity contribution in [1.82, 2.24) is 0 Å². The van der Waals surface area contributed by atoms with E-state index in [4.69, 9.17) is 4.42 Å². The van der Waals surface area contributed by atoms with Gasteiger partial charge in [-0.05, 0) is 73.6 Å². The molecule has 2 aliphatic rings. The molecule has 146 valence electrons. The van der Waals surface area contributed by atoms with Crippen LogP contribution in [0.25, 0.3) is 33.2 Å². The molecule has 0 saturated heterocycles. The molecule has 4 aromatic rings. The number of aromatic nitrogens is 1. The predicted octanol–water partition coefficient (Wildman–Crippen LogP) is 6.60. The van der Waals surface area contributed by atoms with E-state index in [1.165, 1.54) is 41.3 Å². The van der Waals surface area contributed by atoms with Gasteiger partial charge in [-0.2, -0.15) is 0 Å². The molecule has 3 unspecified atom stereocenters. The van der Waals surface area contributed by atoms with Gasteiger partial charge in [0.25, 0.3) is 0 Å². The van der Waals surface area contributed by atoms with Crippen LogP contribution in [0.15, 0.2) is 53.1 Å². The fraction of sp³-hybridized carbons (Fsp3) is 0.370. The zero-order valence-corrected chi connectivity index (χ0v) is 17.5. The van der Waals surface area contributed by atoms with E-state index in [2.05, 4.69) is 74.1 Å². The molecule has 0 spiro atoms. The van der Waals surface area contributed by atoms with Gasteiger partial charge in [0, 0.05) is 24.3 Å². The third kappa shape index (κ3) is 2.58. The van der Waals surface area contributed by atoms with E-state index >= 15 is 0 Å². The summed E-state index contributed by atoms with van der Waals surface area (Å²) in [6, 6.07) is 15.3. The second-order valence-corrected chi connectivity index (χ2v) is 9.25. The van der Waals surface area contributed by atoms with Crippen molar-refractivity contribution in [2.24, 2.45) is 18.9 Å². The molecule has 2 heteroatoms. The maximum Gasteiger partial charge on any atom is 0.216 e. The van der Waals surface area contributed by atoms with E-state index in [0.29, 0.717) is 5.92 Å². The average Bonchev–Trinajstić information content (AvgIpc) is 3.41. The maximum atomic E-state index is 9.33. The highest BCUT2D eigenvalue weighted by Crippen LogP contribution is 2.53. The maximum absolute atomic E-state index is 9.33. The number of nitrogens with zero attached hydrogens (tertiary/aromatic N) is 1. The van der Waals surface area contributed by atoms with Crippen molar-refractivity contribution in [2.75, 3.05) is 0 Å². The molecular formula is C27H28NO+. The van der Waals surface area contributed by atoms with E-state index in [-0.39, 0.29) is 0 Å². The van der Waals surface area contributed by atoms with Gasteiger partial charge >= 0.3 is 0 Å². The second-order valence-electron chi connectivity index (χ2n) is 9.25. The quantitative estimate of drug-likeness (QED) is 0.356. The topological polar surface area (TPSA) is 17.0 Å². The number of rotatable bonds is 2. The first-order chi connectivity index (χ1) is 14.4. The normalized spacial score (nSPS) is 26.5. The lowest BCUT2D eigenvalue weighted by Gasteiger charge is -2.22. The molecule has 0 amide bonds. The predicted molar refractivity (Wildman–Crippen MR) is 118 cm³/mol. The van der Waals surface area contributed by atoms with Crippen LogP contribution in [0.2, 0.25) is 0 Å². The van der Waals surface area contributed by atoms with Crippen LogP contribution in [0.5, 0.6) is 0 Å². The Hall–Kier alpha value is -2.61. The highest BCUT2D eigenvalue weighted by atomic mass is 16.3. The standard InChI is InChI=1S/C27H28NO/c1-16-4-8-21-22-9-5-17(2)26(27(22)29-25(21)12-16)24-15-20(10-11-28(24)3)23-14-18-6-7-19(23)13-18/h4-5,8-12,15,18-19,23H,6-7,13-14H2,1-3H3/q+1/i23D. The zero-order chi connectivity index (χ0) is 20.6. The van der Waals surface area contributed by atoms with E-state index in [1.54, 1.807) is 0 Å². The summed E-state index contributed by atoms with van der Waals surface area (Å²) in [6.07, 6.45) is 6.91. The molecule has 29 heavy (non-hydrogen) atoms. The Morgan fingerprint density at radius 3 is 2.66 bits per heavy atom. The molecule has 2 nitrogen and oxygen atoms in total. The van der Waals surface area contributed by atoms with E-state index in [1.807, 2.05) is 0 Å². The summed E-state index contributed by atoms with van der Waals surface area (Å²) in [7, 11) is 2.10. The largest absolute Gasteiger partial charge is 0.455 e. The lowest BCUT2D eigenvalue weighted by Crippen LogP contribution is -2.31. The minimum absolute atomic E-state index is 0.432. The van der Waals surface area contributed by atoms with Crippen LogP contribution in [0.1, 0.15) is 49.6 Å². The van der Waals surface area contributed by atoms with Crippen LogP contribution in [-0.4, -0.2) is 0 Å². The van der Waals surface area contributed by atoms with Crippen molar-refractivity contribution in [3.05, 3.63) is 65.4 Å². The van der Waals surface area contributed by atoms with Gasteiger partial charge in [-0.3, -0.25) is 0 Å². The van der Waals surface area contributed by atoms with Gasteiger partial charge in [0.1, 0.15) is 18.2 Å². The Bertz CT molecular complexity index is 1320. The Labute approximate surface area is 173 Å². The van der Waals surface area contributed by atoms with Crippen molar-refractivity contribution in [2.45, 2.75) is 45.4 Å². The molecule has 2 heterocycles. The highest BCUT2D eigenvalue weighted by molar-refractivity contribution is 6.09. The number of pyridine rings is 1. The van der Waals surface area contributed by atoms with Crippen LogP contribution in [0, 0.1) is 25.7 Å². The third-order valence-corrected chi connectivity index (χ3v) is 7.32. The zero-order valence-electron chi connectivity index (χ0n) is 18.5. The fourth-order valence-electron chi connectivity index (χ4n) is 5.79. The second kappa shape index (κ2) is 6.19.